The molecule has 0 saturated heterocycles. The smallest absolute Gasteiger partial charge is 0.422 e. The molecule has 1 amide bonds. The average Bonchev–Trinajstić information content (AvgIpc) is 2.59. The van der Waals surface area contributed by atoms with Crippen LogP contribution in [0.2, 0.25) is 5.02 Å². The van der Waals surface area contributed by atoms with Crippen LogP contribution in [0.5, 0.6) is 11.5 Å². The Labute approximate surface area is 153 Å². The van der Waals surface area contributed by atoms with Gasteiger partial charge in [0.2, 0.25) is 5.91 Å². The molecule has 0 aliphatic carbocycles. The van der Waals surface area contributed by atoms with Crippen LogP contribution in [-0.2, 0) is 11.2 Å². The van der Waals surface area contributed by atoms with Gasteiger partial charge in [-0.3, -0.25) is 4.79 Å². The van der Waals surface area contributed by atoms with Crippen molar-refractivity contribution in [1.82, 2.24) is 0 Å². The molecule has 0 radical (unpaired) electrons. The Bertz CT molecular complexity index is 748. The van der Waals surface area contributed by atoms with Gasteiger partial charge in [-0.25, -0.2) is 0 Å². The summed E-state index contributed by atoms with van der Waals surface area (Å²) < 4.78 is 46.8. The van der Waals surface area contributed by atoms with E-state index in [1.54, 1.807) is 19.2 Å². The molecule has 26 heavy (non-hydrogen) atoms. The van der Waals surface area contributed by atoms with E-state index in [-0.39, 0.29) is 28.8 Å². The lowest BCUT2D eigenvalue weighted by Gasteiger charge is -2.14. The van der Waals surface area contributed by atoms with Crippen molar-refractivity contribution in [2.45, 2.75) is 19.0 Å². The average molecular weight is 388 g/mol. The molecule has 2 aromatic rings. The number of benzene rings is 2. The number of hydrogen-bond donors (Lipinski definition) is 1. The fourth-order valence-corrected chi connectivity index (χ4v) is 2.32. The van der Waals surface area contributed by atoms with Crippen molar-refractivity contribution in [2.24, 2.45) is 0 Å². The zero-order valence-electron chi connectivity index (χ0n) is 13.9. The van der Waals surface area contributed by atoms with Crippen LogP contribution in [-0.4, -0.2) is 25.8 Å². The number of anilines is 1. The Morgan fingerprint density at radius 1 is 1.15 bits per heavy atom. The van der Waals surface area contributed by atoms with Crippen molar-refractivity contribution < 1.29 is 27.4 Å². The predicted molar refractivity (Wildman–Crippen MR) is 92.9 cm³/mol. The minimum Gasteiger partial charge on any atom is -0.497 e. The predicted octanol–water partition coefficient (Wildman–Crippen LogP) is 4.86. The quantitative estimate of drug-likeness (QED) is 0.738. The first-order valence-electron chi connectivity index (χ1n) is 7.69. The van der Waals surface area contributed by atoms with Crippen LogP contribution < -0.4 is 14.8 Å². The molecule has 0 heterocycles. The van der Waals surface area contributed by atoms with E-state index in [1.165, 1.54) is 18.2 Å². The van der Waals surface area contributed by atoms with Gasteiger partial charge in [0.25, 0.3) is 0 Å². The van der Waals surface area contributed by atoms with Crippen molar-refractivity contribution in [1.29, 1.82) is 0 Å². The van der Waals surface area contributed by atoms with Crippen LogP contribution in [0.1, 0.15) is 12.0 Å². The maximum Gasteiger partial charge on any atom is 0.422 e. The van der Waals surface area contributed by atoms with Crippen LogP contribution in [0, 0.1) is 0 Å². The number of carbonyl (C=O) groups excluding carboxylic acids is 1. The largest absolute Gasteiger partial charge is 0.497 e. The minimum atomic E-state index is -4.48. The van der Waals surface area contributed by atoms with Gasteiger partial charge in [-0.2, -0.15) is 13.2 Å². The topological polar surface area (TPSA) is 47.6 Å². The Balaban J connectivity index is 1.97. The van der Waals surface area contributed by atoms with Crippen molar-refractivity contribution in [3.63, 3.8) is 0 Å². The lowest BCUT2D eigenvalue weighted by atomic mass is 10.1. The van der Waals surface area contributed by atoms with Crippen LogP contribution in [0.3, 0.4) is 0 Å². The van der Waals surface area contributed by atoms with Gasteiger partial charge < -0.3 is 14.8 Å². The number of carbonyl (C=O) groups is 1. The second-order valence-corrected chi connectivity index (χ2v) is 5.88. The highest BCUT2D eigenvalue weighted by Crippen LogP contribution is 2.30. The van der Waals surface area contributed by atoms with Gasteiger partial charge in [0.05, 0.1) is 12.8 Å². The molecule has 1 N–H and O–H groups in total. The van der Waals surface area contributed by atoms with E-state index < -0.39 is 12.8 Å². The fourth-order valence-electron chi connectivity index (χ4n) is 2.15. The monoisotopic (exact) mass is 387 g/mol. The second-order valence-electron chi connectivity index (χ2n) is 5.44. The number of ether oxygens (including phenoxy) is 2. The molecular formula is C18H17ClF3NO3. The molecule has 0 aromatic heterocycles. The fraction of sp³-hybridized carbons (Fsp3) is 0.278. The number of methoxy groups -OCH3 is 1. The number of nitrogens with one attached hydrogen (secondary N) is 1. The van der Waals surface area contributed by atoms with Crippen molar-refractivity contribution in [3.8, 4) is 11.5 Å². The maximum atomic E-state index is 12.3. The number of alkyl halides is 3. The SMILES string of the molecule is COc1ccc(CCC(=O)Nc2cc(Cl)ccc2OCC(F)(F)F)cc1. The first-order chi connectivity index (χ1) is 12.3. The first-order valence-corrected chi connectivity index (χ1v) is 8.06. The minimum absolute atomic E-state index is 0.0930. The summed E-state index contributed by atoms with van der Waals surface area (Å²) in [7, 11) is 1.56. The number of aryl methyl sites for hydroxylation is 1. The first kappa shape index (κ1) is 19.9. The Hall–Kier alpha value is -2.41. The highest BCUT2D eigenvalue weighted by atomic mass is 35.5. The third-order valence-electron chi connectivity index (χ3n) is 3.41. The summed E-state index contributed by atoms with van der Waals surface area (Å²) >= 11 is 5.85. The van der Waals surface area contributed by atoms with Gasteiger partial charge in [-0.1, -0.05) is 23.7 Å². The third-order valence-corrected chi connectivity index (χ3v) is 3.64. The lowest BCUT2D eigenvalue weighted by molar-refractivity contribution is -0.153. The zero-order chi connectivity index (χ0) is 19.2. The highest BCUT2D eigenvalue weighted by molar-refractivity contribution is 6.31. The molecule has 0 spiro atoms. The molecule has 2 rings (SSSR count). The number of rotatable bonds is 7. The molecule has 8 heteroatoms. The molecule has 0 unspecified atom stereocenters. The Morgan fingerprint density at radius 3 is 2.46 bits per heavy atom. The summed E-state index contributed by atoms with van der Waals surface area (Å²) in [5.41, 5.74) is 1.03. The maximum absolute atomic E-state index is 12.3. The van der Waals surface area contributed by atoms with Gasteiger partial charge in [0.15, 0.2) is 6.61 Å². The van der Waals surface area contributed by atoms with E-state index in [0.29, 0.717) is 12.2 Å². The number of hydrogen-bond acceptors (Lipinski definition) is 3. The van der Waals surface area contributed by atoms with E-state index in [9.17, 15) is 18.0 Å². The zero-order valence-corrected chi connectivity index (χ0v) is 14.7. The lowest BCUT2D eigenvalue weighted by Crippen LogP contribution is -2.20. The van der Waals surface area contributed by atoms with Crippen LogP contribution >= 0.6 is 11.6 Å². The van der Waals surface area contributed by atoms with Crippen LogP contribution in [0.15, 0.2) is 42.5 Å². The summed E-state index contributed by atoms with van der Waals surface area (Å²) in [6, 6.07) is 11.3. The highest BCUT2D eigenvalue weighted by Gasteiger charge is 2.29. The van der Waals surface area contributed by atoms with Gasteiger partial charge in [-0.05, 0) is 42.3 Å². The molecule has 4 nitrogen and oxygen atoms in total. The summed E-state index contributed by atoms with van der Waals surface area (Å²) in [4.78, 5) is 12.1. The molecular weight excluding hydrogens is 371 g/mol. The van der Waals surface area contributed by atoms with E-state index >= 15 is 0 Å². The normalized spacial score (nSPS) is 11.1. The molecule has 0 aliphatic heterocycles. The van der Waals surface area contributed by atoms with Crippen LogP contribution in [0.4, 0.5) is 18.9 Å². The van der Waals surface area contributed by atoms with Gasteiger partial charge in [-0.15, -0.1) is 0 Å². The molecule has 0 bridgehead atoms. The Morgan fingerprint density at radius 2 is 1.85 bits per heavy atom. The number of halogens is 4. The molecule has 0 saturated carbocycles. The van der Waals surface area contributed by atoms with E-state index in [4.69, 9.17) is 21.1 Å². The van der Waals surface area contributed by atoms with Gasteiger partial charge in [0, 0.05) is 11.4 Å². The van der Waals surface area contributed by atoms with Crippen molar-refractivity contribution >= 4 is 23.2 Å². The van der Waals surface area contributed by atoms with Crippen LogP contribution in [0.25, 0.3) is 0 Å². The standard InChI is InChI=1S/C18H17ClF3NO3/c1-25-14-6-2-12(3-7-14)4-9-17(24)23-15-10-13(19)5-8-16(15)26-11-18(20,21)22/h2-3,5-8,10H,4,9,11H2,1H3,(H,23,24). The van der Waals surface area contributed by atoms with Gasteiger partial charge in [0.1, 0.15) is 11.5 Å². The molecule has 0 fully saturated rings. The second kappa shape index (κ2) is 8.80. The van der Waals surface area contributed by atoms with E-state index in [1.807, 2.05) is 12.1 Å². The molecule has 0 atom stereocenters. The summed E-state index contributed by atoms with van der Waals surface area (Å²) in [5, 5.41) is 2.81. The van der Waals surface area contributed by atoms with Crippen molar-refractivity contribution in [3.05, 3.63) is 53.1 Å². The summed E-state index contributed by atoms with van der Waals surface area (Å²) in [6.07, 6.45) is -3.86. The van der Waals surface area contributed by atoms with E-state index in [0.717, 1.165) is 5.56 Å². The summed E-state index contributed by atoms with van der Waals surface area (Å²) in [6.45, 7) is -1.46. The van der Waals surface area contributed by atoms with Crippen molar-refractivity contribution in [2.75, 3.05) is 19.0 Å². The van der Waals surface area contributed by atoms with Gasteiger partial charge >= 0.3 is 6.18 Å². The molecule has 2 aromatic carbocycles. The van der Waals surface area contributed by atoms with E-state index in [2.05, 4.69) is 5.32 Å². The Kier molecular flexibility index (Phi) is 6.74. The molecule has 0 aliphatic rings. The number of amides is 1. The third kappa shape index (κ3) is 6.48. The summed E-state index contributed by atoms with van der Waals surface area (Å²) in [5.74, 6) is 0.257. The molecule has 140 valence electrons.